The van der Waals surface area contributed by atoms with Gasteiger partial charge in [0.15, 0.2) is 0 Å². The normalized spacial score (nSPS) is 11.4. The van der Waals surface area contributed by atoms with Crippen molar-refractivity contribution in [1.29, 1.82) is 0 Å². The quantitative estimate of drug-likeness (QED) is 0.657. The van der Waals surface area contributed by atoms with Crippen molar-refractivity contribution >= 4 is 18.2 Å². The summed E-state index contributed by atoms with van der Waals surface area (Å²) in [6.45, 7) is 0. The molecule has 5 heteroatoms. The average molecular weight is 257 g/mol. The van der Waals surface area contributed by atoms with Crippen molar-refractivity contribution in [1.82, 2.24) is 9.99 Å². The number of allylic oxidation sites excluding steroid dienone is 1. The molecule has 0 aliphatic carbocycles. The molecular weight excluding hydrogens is 242 g/mol. The van der Waals surface area contributed by atoms with Gasteiger partial charge in [-0.1, -0.05) is 0 Å². The van der Waals surface area contributed by atoms with Crippen molar-refractivity contribution in [2.45, 2.75) is 6.42 Å². The maximum absolute atomic E-state index is 11.6. The molecule has 0 atom stereocenters. The van der Waals surface area contributed by atoms with Crippen LogP contribution < -0.4 is 5.43 Å². The summed E-state index contributed by atoms with van der Waals surface area (Å²) in [6, 6.07) is 7.44. The van der Waals surface area contributed by atoms with E-state index in [1.807, 2.05) is 36.0 Å². The van der Waals surface area contributed by atoms with E-state index in [4.69, 9.17) is 4.42 Å². The molecule has 5 nitrogen and oxygen atoms in total. The minimum atomic E-state index is -0.149. The first kappa shape index (κ1) is 12.9. The fourth-order valence-corrected chi connectivity index (χ4v) is 1.56. The molecule has 0 radical (unpaired) electrons. The Bertz CT molecular complexity index is 580. The van der Waals surface area contributed by atoms with Crippen molar-refractivity contribution < 1.29 is 9.21 Å². The van der Waals surface area contributed by atoms with Gasteiger partial charge in [0.2, 0.25) is 5.91 Å². The molecule has 98 valence electrons. The van der Waals surface area contributed by atoms with Crippen LogP contribution in [0.4, 0.5) is 0 Å². The van der Waals surface area contributed by atoms with Gasteiger partial charge in [-0.25, -0.2) is 5.43 Å². The average Bonchev–Trinajstić information content (AvgIpc) is 3.02. The number of carbonyl (C=O) groups excluding carboxylic acids is 1. The zero-order valence-electron chi connectivity index (χ0n) is 10.6. The van der Waals surface area contributed by atoms with Gasteiger partial charge in [-0.15, -0.1) is 0 Å². The van der Waals surface area contributed by atoms with Gasteiger partial charge in [0, 0.05) is 25.2 Å². The minimum Gasteiger partial charge on any atom is -0.465 e. The monoisotopic (exact) mass is 257 g/mol. The Labute approximate surface area is 111 Å². The molecule has 2 rings (SSSR count). The molecule has 0 aliphatic heterocycles. The summed E-state index contributed by atoms with van der Waals surface area (Å²) in [5.41, 5.74) is 3.41. The number of hydrogen-bond donors (Lipinski definition) is 1. The van der Waals surface area contributed by atoms with E-state index in [1.165, 1.54) is 6.21 Å². The second kappa shape index (κ2) is 6.39. The summed E-state index contributed by atoms with van der Waals surface area (Å²) in [7, 11) is 1.90. The Morgan fingerprint density at radius 1 is 1.47 bits per heavy atom. The Morgan fingerprint density at radius 3 is 3.05 bits per heavy atom. The van der Waals surface area contributed by atoms with E-state index in [0.29, 0.717) is 6.42 Å². The Balaban J connectivity index is 1.76. The zero-order chi connectivity index (χ0) is 13.5. The Kier molecular flexibility index (Phi) is 4.34. The third kappa shape index (κ3) is 3.99. The number of amides is 1. The van der Waals surface area contributed by atoms with Gasteiger partial charge < -0.3 is 8.98 Å². The summed E-state index contributed by atoms with van der Waals surface area (Å²) in [5, 5.41) is 3.82. The molecule has 1 amide bonds. The molecule has 2 aromatic heterocycles. The van der Waals surface area contributed by atoms with E-state index < -0.39 is 0 Å². The van der Waals surface area contributed by atoms with Gasteiger partial charge in [0.25, 0.3) is 0 Å². The molecule has 0 saturated heterocycles. The number of hydrazone groups is 1. The number of furan rings is 1. The lowest BCUT2D eigenvalue weighted by Crippen LogP contribution is -2.20. The number of nitrogens with zero attached hydrogens (tertiary/aromatic N) is 2. The van der Waals surface area contributed by atoms with E-state index in [9.17, 15) is 4.79 Å². The van der Waals surface area contributed by atoms with Crippen LogP contribution in [0.1, 0.15) is 11.5 Å². The maximum atomic E-state index is 11.6. The van der Waals surface area contributed by atoms with E-state index in [1.54, 1.807) is 24.5 Å². The highest BCUT2D eigenvalue weighted by Gasteiger charge is 2.03. The number of nitrogens with one attached hydrogen (secondary N) is 1. The molecule has 0 bridgehead atoms. The minimum absolute atomic E-state index is 0.149. The standard InChI is InChI=1S/C14H15N3O2/c1-17-9-3-5-12(17)11-14(18)16-15-8-2-6-13-7-4-10-19-13/h2-10H,11H2,1H3,(H,16,18). The lowest BCUT2D eigenvalue weighted by molar-refractivity contribution is -0.120. The second-order valence-corrected chi connectivity index (χ2v) is 3.97. The summed E-state index contributed by atoms with van der Waals surface area (Å²) >= 11 is 0. The molecule has 0 fully saturated rings. The summed E-state index contributed by atoms with van der Waals surface area (Å²) < 4.78 is 7.01. The molecule has 0 saturated carbocycles. The van der Waals surface area contributed by atoms with Crippen molar-refractivity contribution in [2.24, 2.45) is 12.1 Å². The van der Waals surface area contributed by atoms with Gasteiger partial charge in [-0.05, 0) is 36.4 Å². The largest absolute Gasteiger partial charge is 0.465 e. The third-order valence-electron chi connectivity index (χ3n) is 2.55. The van der Waals surface area contributed by atoms with Crippen LogP contribution in [0.2, 0.25) is 0 Å². The molecule has 2 aromatic rings. The molecule has 1 N–H and O–H groups in total. The fraction of sp³-hybridized carbons (Fsp3) is 0.143. The molecular formula is C14H15N3O2. The lowest BCUT2D eigenvalue weighted by Gasteiger charge is -2.01. The summed E-state index contributed by atoms with van der Waals surface area (Å²) in [5.74, 6) is 0.589. The third-order valence-corrected chi connectivity index (χ3v) is 2.55. The highest BCUT2D eigenvalue weighted by atomic mass is 16.3. The molecule has 2 heterocycles. The highest BCUT2D eigenvalue weighted by Crippen LogP contribution is 2.01. The molecule has 0 aromatic carbocycles. The molecule has 0 aliphatic rings. The zero-order valence-corrected chi connectivity index (χ0v) is 10.6. The molecule has 0 spiro atoms. The van der Waals surface area contributed by atoms with Crippen LogP contribution in [0.5, 0.6) is 0 Å². The number of carbonyl (C=O) groups is 1. The van der Waals surface area contributed by atoms with Crippen molar-refractivity contribution in [3.63, 3.8) is 0 Å². The van der Waals surface area contributed by atoms with E-state index in [2.05, 4.69) is 10.5 Å². The first-order valence-electron chi connectivity index (χ1n) is 5.88. The van der Waals surface area contributed by atoms with E-state index in [0.717, 1.165) is 11.5 Å². The lowest BCUT2D eigenvalue weighted by atomic mass is 10.3. The van der Waals surface area contributed by atoms with Crippen molar-refractivity contribution in [2.75, 3.05) is 0 Å². The smallest absolute Gasteiger partial charge is 0.245 e. The Morgan fingerprint density at radius 2 is 2.37 bits per heavy atom. The van der Waals surface area contributed by atoms with Crippen LogP contribution in [0.25, 0.3) is 6.08 Å². The first-order chi connectivity index (χ1) is 9.25. The molecule has 19 heavy (non-hydrogen) atoms. The van der Waals surface area contributed by atoms with Crippen LogP contribution >= 0.6 is 0 Å². The number of aromatic nitrogens is 1. The molecule has 0 unspecified atom stereocenters. The number of aryl methyl sites for hydroxylation is 1. The van der Waals surface area contributed by atoms with Crippen molar-refractivity contribution in [3.05, 3.63) is 54.3 Å². The summed E-state index contributed by atoms with van der Waals surface area (Å²) in [6.07, 6.45) is 8.76. The van der Waals surface area contributed by atoms with Crippen molar-refractivity contribution in [3.8, 4) is 0 Å². The predicted molar refractivity (Wildman–Crippen MR) is 73.5 cm³/mol. The maximum Gasteiger partial charge on any atom is 0.245 e. The van der Waals surface area contributed by atoms with Gasteiger partial charge in [-0.3, -0.25) is 4.79 Å². The fourth-order valence-electron chi connectivity index (χ4n) is 1.56. The van der Waals surface area contributed by atoms with Crippen LogP contribution in [-0.4, -0.2) is 16.7 Å². The number of rotatable bonds is 5. The summed E-state index contributed by atoms with van der Waals surface area (Å²) in [4.78, 5) is 11.6. The van der Waals surface area contributed by atoms with Crippen LogP contribution in [0.15, 0.2) is 52.3 Å². The van der Waals surface area contributed by atoms with Gasteiger partial charge in [0.1, 0.15) is 5.76 Å². The van der Waals surface area contributed by atoms with Gasteiger partial charge in [0.05, 0.1) is 12.7 Å². The van der Waals surface area contributed by atoms with Crippen LogP contribution in [0.3, 0.4) is 0 Å². The second-order valence-electron chi connectivity index (χ2n) is 3.97. The number of hydrogen-bond acceptors (Lipinski definition) is 3. The van der Waals surface area contributed by atoms with Crippen LogP contribution in [0, 0.1) is 0 Å². The van der Waals surface area contributed by atoms with E-state index >= 15 is 0 Å². The van der Waals surface area contributed by atoms with E-state index in [-0.39, 0.29) is 5.91 Å². The Hall–Kier alpha value is -2.56. The first-order valence-corrected chi connectivity index (χ1v) is 5.88. The SMILES string of the molecule is Cn1cccc1CC(=O)NN=CC=Cc1ccco1. The topological polar surface area (TPSA) is 59.5 Å². The predicted octanol–water partition coefficient (Wildman–Crippen LogP) is 1.98. The highest BCUT2D eigenvalue weighted by molar-refractivity contribution is 5.81. The van der Waals surface area contributed by atoms with Crippen LogP contribution in [-0.2, 0) is 18.3 Å². The van der Waals surface area contributed by atoms with Gasteiger partial charge >= 0.3 is 0 Å². The van der Waals surface area contributed by atoms with Gasteiger partial charge in [-0.2, -0.15) is 5.10 Å².